The molecule has 0 heterocycles. The van der Waals surface area contributed by atoms with Crippen molar-refractivity contribution in [1.82, 2.24) is 6.15 Å². The van der Waals surface area contributed by atoms with Crippen LogP contribution in [-0.4, -0.2) is 44.1 Å². The molecule has 0 radical (unpaired) electrons. The van der Waals surface area contributed by atoms with Gasteiger partial charge in [-0.15, -0.1) is 0 Å². The van der Waals surface area contributed by atoms with E-state index >= 15 is 0 Å². The molecule has 0 aromatic heterocycles. The topological polar surface area (TPSA) is 176 Å². The number of carbonyl (C=O) groups excluding carboxylic acids is 1. The van der Waals surface area contributed by atoms with Crippen LogP contribution in [0.4, 0.5) is 0 Å². The summed E-state index contributed by atoms with van der Waals surface area (Å²) in [5.41, 5.74) is -2.77. The Morgan fingerprint density at radius 3 is 1.81 bits per heavy atom. The summed E-state index contributed by atoms with van der Waals surface area (Å²) in [4.78, 5) is 34.1. The van der Waals surface area contributed by atoms with E-state index < -0.39 is 36.4 Å². The second-order valence-electron chi connectivity index (χ2n) is 2.55. The van der Waals surface area contributed by atoms with E-state index in [0.717, 1.165) is 0 Å². The van der Waals surface area contributed by atoms with Crippen LogP contribution in [0.25, 0.3) is 0 Å². The first-order valence-corrected chi connectivity index (χ1v) is 3.33. The molecule has 9 nitrogen and oxygen atoms in total. The van der Waals surface area contributed by atoms with E-state index in [1.165, 1.54) is 0 Å². The van der Waals surface area contributed by atoms with E-state index in [4.69, 9.17) is 20.6 Å². The van der Waals surface area contributed by atoms with Crippen LogP contribution in [0.3, 0.4) is 0 Å². The third-order valence-corrected chi connectivity index (χ3v) is 1.38. The predicted octanol–water partition coefficient (Wildman–Crippen LogP) is -1.16. The monoisotopic (exact) mass is 405 g/mol. The van der Waals surface area contributed by atoms with E-state index in [1.54, 1.807) is 0 Å². The first kappa shape index (κ1) is 20.6. The number of carboxylic acids is 2. The second-order valence-corrected chi connectivity index (χ2v) is 2.55. The normalized spacial score (nSPS) is 12.4. The number of aliphatic hydroxyl groups is 1. The summed E-state index contributed by atoms with van der Waals surface area (Å²) in [5.74, 6) is -4.91. The zero-order valence-corrected chi connectivity index (χ0v) is 11.6. The van der Waals surface area contributed by atoms with Gasteiger partial charge in [0.15, 0.2) is 5.60 Å². The van der Waals surface area contributed by atoms with Crippen molar-refractivity contribution < 1.29 is 65.7 Å². The molecule has 16 heavy (non-hydrogen) atoms. The van der Waals surface area contributed by atoms with Crippen molar-refractivity contribution in [1.29, 1.82) is 0 Å². The number of carbonyl (C=O) groups is 3. The van der Waals surface area contributed by atoms with Crippen LogP contribution in [0.1, 0.15) is 12.8 Å². The molecule has 7 N–H and O–H groups in total. The van der Waals surface area contributed by atoms with Crippen molar-refractivity contribution in [2.45, 2.75) is 18.4 Å². The minimum absolute atomic E-state index is 0. The molecule has 0 rings (SSSR count). The first-order valence-electron chi connectivity index (χ1n) is 3.33. The SMILES string of the molecule is N.O=C(O)CC(O)(CC(=O)OO)C(=O)O.[Hf]. The summed E-state index contributed by atoms with van der Waals surface area (Å²) < 4.78 is 0. The van der Waals surface area contributed by atoms with Gasteiger partial charge in [-0.05, 0) is 0 Å². The summed E-state index contributed by atoms with van der Waals surface area (Å²) in [6.45, 7) is 0. The van der Waals surface area contributed by atoms with Gasteiger partial charge in [-0.2, -0.15) is 5.26 Å². The number of hydrogen-bond donors (Lipinski definition) is 5. The zero-order valence-electron chi connectivity index (χ0n) is 8.04. The van der Waals surface area contributed by atoms with E-state index in [9.17, 15) is 14.4 Å². The summed E-state index contributed by atoms with van der Waals surface area (Å²) in [6.07, 6.45) is -2.32. The van der Waals surface area contributed by atoms with Crippen LogP contribution in [0.5, 0.6) is 0 Å². The molecule has 0 amide bonds. The Kier molecular flexibility index (Phi) is 10.7. The summed E-state index contributed by atoms with van der Waals surface area (Å²) in [7, 11) is 0. The molecule has 0 aromatic rings. The fraction of sp³-hybridized carbons (Fsp3) is 0.500. The fourth-order valence-corrected chi connectivity index (χ4v) is 0.735. The number of rotatable bonds is 5. The Labute approximate surface area is 108 Å². The first-order chi connectivity index (χ1) is 6.31. The molecule has 0 fully saturated rings. The molecule has 10 heteroatoms. The summed E-state index contributed by atoms with van der Waals surface area (Å²) in [6, 6.07) is 0. The third kappa shape index (κ3) is 6.61. The smallest absolute Gasteiger partial charge is 0.345 e. The maximum atomic E-state index is 10.4. The molecule has 0 aliphatic rings. The average molecular weight is 404 g/mol. The second kappa shape index (κ2) is 8.33. The quantitative estimate of drug-likeness (QED) is 0.215. The van der Waals surface area contributed by atoms with Gasteiger partial charge in [-0.3, -0.25) is 4.79 Å². The van der Waals surface area contributed by atoms with Crippen LogP contribution in [-0.2, 0) is 45.1 Å². The maximum Gasteiger partial charge on any atom is 0.345 e. The summed E-state index contributed by atoms with van der Waals surface area (Å²) >= 11 is 0. The van der Waals surface area contributed by atoms with Crippen LogP contribution in [0.2, 0.25) is 0 Å². The van der Waals surface area contributed by atoms with Crippen molar-refractivity contribution in [3.8, 4) is 0 Å². The molecule has 0 bridgehead atoms. The predicted molar refractivity (Wildman–Crippen MR) is 43.2 cm³/mol. The molecule has 0 saturated heterocycles. The van der Waals surface area contributed by atoms with Gasteiger partial charge in [0.1, 0.15) is 0 Å². The van der Waals surface area contributed by atoms with Gasteiger partial charge in [-0.1, -0.05) is 0 Å². The Morgan fingerprint density at radius 1 is 1.12 bits per heavy atom. The number of hydrogen-bond acceptors (Lipinski definition) is 7. The van der Waals surface area contributed by atoms with Gasteiger partial charge >= 0.3 is 17.9 Å². The van der Waals surface area contributed by atoms with E-state index in [1.807, 2.05) is 0 Å². The molecule has 0 aliphatic carbocycles. The van der Waals surface area contributed by atoms with Gasteiger partial charge < -0.3 is 26.4 Å². The Bertz CT molecular complexity index is 269. The fourth-order valence-electron chi connectivity index (χ4n) is 0.735. The molecule has 92 valence electrons. The standard InChI is InChI=1S/C6H8O8.Hf.H3N/c7-3(8)1-6(12,5(10)11)2-4(9)14-13;;/h12-13H,1-2H2,(H,7,8)(H,10,11);;1H3. The van der Waals surface area contributed by atoms with Crippen molar-refractivity contribution in [2.75, 3.05) is 0 Å². The van der Waals surface area contributed by atoms with Gasteiger partial charge in [0.25, 0.3) is 0 Å². The van der Waals surface area contributed by atoms with Gasteiger partial charge in [0.05, 0.1) is 12.8 Å². The Hall–Kier alpha value is -0.840. The minimum Gasteiger partial charge on any atom is -0.481 e. The maximum absolute atomic E-state index is 10.4. The summed E-state index contributed by atoms with van der Waals surface area (Å²) in [5, 5.41) is 33.6. The number of aliphatic carboxylic acids is 2. The van der Waals surface area contributed by atoms with E-state index in [0.29, 0.717) is 0 Å². The van der Waals surface area contributed by atoms with Crippen LogP contribution in [0.15, 0.2) is 0 Å². The van der Waals surface area contributed by atoms with Crippen LogP contribution >= 0.6 is 0 Å². The van der Waals surface area contributed by atoms with Gasteiger partial charge in [0, 0.05) is 25.8 Å². The molecular weight excluding hydrogens is 393 g/mol. The molecule has 0 aromatic carbocycles. The van der Waals surface area contributed by atoms with Gasteiger partial charge in [-0.25, -0.2) is 9.59 Å². The van der Waals surface area contributed by atoms with Crippen LogP contribution in [0, 0.1) is 0 Å². The van der Waals surface area contributed by atoms with Crippen molar-refractivity contribution >= 4 is 17.9 Å². The third-order valence-electron chi connectivity index (χ3n) is 1.38. The molecular formula is C6H11HfNO8. The minimum atomic E-state index is -2.77. The molecule has 1 atom stereocenters. The van der Waals surface area contributed by atoms with Crippen molar-refractivity contribution in [3.05, 3.63) is 0 Å². The number of carboxylic acid groups (broad SMARTS) is 2. The van der Waals surface area contributed by atoms with E-state index in [-0.39, 0.29) is 32.0 Å². The molecule has 1 unspecified atom stereocenters. The largest absolute Gasteiger partial charge is 0.481 e. The molecule has 0 saturated carbocycles. The van der Waals surface area contributed by atoms with E-state index in [2.05, 4.69) is 4.89 Å². The molecule has 0 aliphatic heterocycles. The molecule has 0 spiro atoms. The zero-order chi connectivity index (χ0) is 11.4. The van der Waals surface area contributed by atoms with Gasteiger partial charge in [0.2, 0.25) is 0 Å². The van der Waals surface area contributed by atoms with Crippen LogP contribution < -0.4 is 6.15 Å². The Morgan fingerprint density at radius 2 is 1.56 bits per heavy atom. The Balaban J connectivity index is -0.000000845. The van der Waals surface area contributed by atoms with Crippen molar-refractivity contribution in [3.63, 3.8) is 0 Å². The van der Waals surface area contributed by atoms with Crippen molar-refractivity contribution in [2.24, 2.45) is 0 Å². The average Bonchev–Trinajstić information content (AvgIpc) is 2.02.